The predicted octanol–water partition coefficient (Wildman–Crippen LogP) is 3.26. The summed E-state index contributed by atoms with van der Waals surface area (Å²) in [6.45, 7) is 5.33. The molecule has 0 spiro atoms. The van der Waals surface area contributed by atoms with Crippen LogP contribution in [0.3, 0.4) is 0 Å². The Hall–Kier alpha value is -2.37. The van der Waals surface area contributed by atoms with Crippen molar-refractivity contribution in [3.63, 3.8) is 0 Å². The number of rotatable bonds is 6. The first kappa shape index (κ1) is 19.0. The maximum atomic E-state index is 12.1. The molecule has 2 aromatic rings. The lowest BCUT2D eigenvalue weighted by Crippen LogP contribution is -2.37. The highest BCUT2D eigenvalue weighted by atomic mass is 16.5. The number of benzene rings is 2. The fourth-order valence-corrected chi connectivity index (χ4v) is 3.87. The molecule has 0 N–H and O–H groups in total. The standard InChI is InChI=1S/C23H28N2O3/c26-23(25-12-4-5-13-25)18-28-21-10-8-19(9-11-21)16-24-14-15-27-22(17-24)20-6-2-1-3-7-20/h1-3,6-11,22H,4-5,12-18H2/t22-/m1/s1. The highest BCUT2D eigenvalue weighted by molar-refractivity contribution is 5.78. The van der Waals surface area contributed by atoms with Gasteiger partial charge in [-0.3, -0.25) is 9.69 Å². The second kappa shape index (κ2) is 9.22. The van der Waals surface area contributed by atoms with E-state index in [1.165, 1.54) is 11.1 Å². The number of hydrogen-bond acceptors (Lipinski definition) is 4. The smallest absolute Gasteiger partial charge is 0.260 e. The molecule has 2 fully saturated rings. The van der Waals surface area contributed by atoms with Crippen LogP contribution in [0.2, 0.25) is 0 Å². The van der Waals surface area contributed by atoms with Crippen LogP contribution in [-0.4, -0.2) is 55.1 Å². The molecule has 148 valence electrons. The molecule has 0 bridgehead atoms. The van der Waals surface area contributed by atoms with Crippen molar-refractivity contribution in [2.24, 2.45) is 0 Å². The predicted molar refractivity (Wildman–Crippen MR) is 108 cm³/mol. The Labute approximate surface area is 166 Å². The summed E-state index contributed by atoms with van der Waals surface area (Å²) in [5.74, 6) is 0.835. The van der Waals surface area contributed by atoms with E-state index in [0.29, 0.717) is 0 Å². The molecular weight excluding hydrogens is 352 g/mol. The van der Waals surface area contributed by atoms with E-state index in [1.807, 2.05) is 23.1 Å². The van der Waals surface area contributed by atoms with Gasteiger partial charge in [0.1, 0.15) is 5.75 Å². The zero-order valence-electron chi connectivity index (χ0n) is 16.3. The topological polar surface area (TPSA) is 42.0 Å². The third kappa shape index (κ3) is 4.91. The summed E-state index contributed by atoms with van der Waals surface area (Å²) in [6.07, 6.45) is 2.34. The number of carbonyl (C=O) groups excluding carboxylic acids is 1. The monoisotopic (exact) mass is 380 g/mol. The number of carbonyl (C=O) groups is 1. The molecule has 5 nitrogen and oxygen atoms in total. The number of nitrogens with zero attached hydrogens (tertiary/aromatic N) is 2. The van der Waals surface area contributed by atoms with E-state index in [1.54, 1.807) is 0 Å². The molecule has 1 atom stereocenters. The van der Waals surface area contributed by atoms with Crippen LogP contribution in [0.4, 0.5) is 0 Å². The van der Waals surface area contributed by atoms with E-state index in [-0.39, 0.29) is 18.6 Å². The van der Waals surface area contributed by atoms with E-state index in [4.69, 9.17) is 9.47 Å². The minimum absolute atomic E-state index is 0.0850. The summed E-state index contributed by atoms with van der Waals surface area (Å²) in [4.78, 5) is 16.4. The quantitative estimate of drug-likeness (QED) is 0.771. The van der Waals surface area contributed by atoms with Crippen molar-refractivity contribution in [2.75, 3.05) is 39.4 Å². The van der Waals surface area contributed by atoms with Gasteiger partial charge >= 0.3 is 0 Å². The summed E-state index contributed by atoms with van der Waals surface area (Å²) in [7, 11) is 0. The van der Waals surface area contributed by atoms with Crippen molar-refractivity contribution in [1.82, 2.24) is 9.80 Å². The van der Waals surface area contributed by atoms with Gasteiger partial charge in [0.15, 0.2) is 6.61 Å². The van der Waals surface area contributed by atoms with E-state index in [2.05, 4.69) is 41.3 Å². The first-order chi connectivity index (χ1) is 13.8. The SMILES string of the molecule is O=C(COc1ccc(CN2CCO[C@@H](c3ccccc3)C2)cc1)N1CCCC1. The lowest BCUT2D eigenvalue weighted by molar-refractivity contribution is -0.132. The molecule has 0 unspecified atom stereocenters. The first-order valence-corrected chi connectivity index (χ1v) is 10.2. The van der Waals surface area contributed by atoms with Gasteiger partial charge in [-0.25, -0.2) is 0 Å². The second-order valence-corrected chi connectivity index (χ2v) is 7.53. The van der Waals surface area contributed by atoms with Crippen molar-refractivity contribution in [3.05, 3.63) is 65.7 Å². The van der Waals surface area contributed by atoms with E-state index in [9.17, 15) is 4.79 Å². The molecule has 0 radical (unpaired) electrons. The van der Waals surface area contributed by atoms with Crippen molar-refractivity contribution >= 4 is 5.91 Å². The minimum atomic E-state index is 0.0850. The van der Waals surface area contributed by atoms with Gasteiger partial charge in [-0.05, 0) is 36.1 Å². The number of ether oxygens (including phenoxy) is 2. The fraction of sp³-hybridized carbons (Fsp3) is 0.435. The second-order valence-electron chi connectivity index (χ2n) is 7.53. The molecular formula is C23H28N2O3. The zero-order chi connectivity index (χ0) is 19.2. The van der Waals surface area contributed by atoms with Crippen molar-refractivity contribution in [3.8, 4) is 5.75 Å². The third-order valence-corrected chi connectivity index (χ3v) is 5.47. The van der Waals surface area contributed by atoms with E-state index < -0.39 is 0 Å². The van der Waals surface area contributed by atoms with Gasteiger partial charge in [-0.2, -0.15) is 0 Å². The normalized spacial score (nSPS) is 20.3. The van der Waals surface area contributed by atoms with Crippen molar-refractivity contribution in [2.45, 2.75) is 25.5 Å². The van der Waals surface area contributed by atoms with Crippen LogP contribution >= 0.6 is 0 Å². The van der Waals surface area contributed by atoms with Gasteiger partial charge in [-0.1, -0.05) is 42.5 Å². The van der Waals surface area contributed by atoms with E-state index >= 15 is 0 Å². The van der Waals surface area contributed by atoms with E-state index in [0.717, 1.165) is 57.9 Å². The average molecular weight is 380 g/mol. The van der Waals surface area contributed by atoms with Crippen LogP contribution < -0.4 is 4.74 Å². The molecule has 4 rings (SSSR count). The Balaban J connectivity index is 1.27. The largest absolute Gasteiger partial charge is 0.484 e. The number of likely N-dealkylation sites (tertiary alicyclic amines) is 1. The number of morpholine rings is 1. The van der Waals surface area contributed by atoms with Crippen LogP contribution in [0, 0.1) is 0 Å². The highest BCUT2D eigenvalue weighted by Crippen LogP contribution is 2.23. The molecule has 5 heteroatoms. The zero-order valence-corrected chi connectivity index (χ0v) is 16.3. The molecule has 2 aliphatic rings. The van der Waals surface area contributed by atoms with Crippen molar-refractivity contribution in [1.29, 1.82) is 0 Å². The number of amides is 1. The summed E-state index contributed by atoms with van der Waals surface area (Å²) in [6, 6.07) is 18.5. The lowest BCUT2D eigenvalue weighted by atomic mass is 10.1. The molecule has 2 aromatic carbocycles. The Kier molecular flexibility index (Phi) is 6.24. The summed E-state index contributed by atoms with van der Waals surface area (Å²) in [5.41, 5.74) is 2.48. The van der Waals surface area contributed by atoms with Gasteiger partial charge in [0, 0.05) is 32.7 Å². The van der Waals surface area contributed by atoms with Gasteiger partial charge in [0.05, 0.1) is 12.7 Å². The molecule has 2 saturated heterocycles. The Morgan fingerprint density at radius 2 is 1.75 bits per heavy atom. The van der Waals surface area contributed by atoms with Gasteiger partial charge < -0.3 is 14.4 Å². The molecule has 2 heterocycles. The van der Waals surface area contributed by atoms with Crippen LogP contribution in [0.25, 0.3) is 0 Å². The molecule has 0 aromatic heterocycles. The third-order valence-electron chi connectivity index (χ3n) is 5.47. The first-order valence-electron chi connectivity index (χ1n) is 10.2. The fourth-order valence-electron chi connectivity index (χ4n) is 3.87. The average Bonchev–Trinajstić information content (AvgIpc) is 3.29. The Bertz CT molecular complexity index is 757. The maximum absolute atomic E-state index is 12.1. The molecule has 1 amide bonds. The van der Waals surface area contributed by atoms with Gasteiger partial charge in [0.25, 0.3) is 5.91 Å². The summed E-state index contributed by atoms with van der Waals surface area (Å²) >= 11 is 0. The maximum Gasteiger partial charge on any atom is 0.260 e. The Morgan fingerprint density at radius 3 is 2.50 bits per heavy atom. The van der Waals surface area contributed by atoms with Crippen LogP contribution in [-0.2, 0) is 16.1 Å². The van der Waals surface area contributed by atoms with Crippen molar-refractivity contribution < 1.29 is 14.3 Å². The van der Waals surface area contributed by atoms with Gasteiger partial charge in [0.2, 0.25) is 0 Å². The summed E-state index contributed by atoms with van der Waals surface area (Å²) in [5, 5.41) is 0. The molecule has 0 saturated carbocycles. The number of hydrogen-bond donors (Lipinski definition) is 0. The summed E-state index contributed by atoms with van der Waals surface area (Å²) < 4.78 is 11.6. The Morgan fingerprint density at radius 1 is 1.00 bits per heavy atom. The molecule has 28 heavy (non-hydrogen) atoms. The molecule has 0 aliphatic carbocycles. The minimum Gasteiger partial charge on any atom is -0.484 e. The van der Waals surface area contributed by atoms with Crippen LogP contribution in [0.5, 0.6) is 5.75 Å². The van der Waals surface area contributed by atoms with Gasteiger partial charge in [-0.15, -0.1) is 0 Å². The lowest BCUT2D eigenvalue weighted by Gasteiger charge is -2.33. The highest BCUT2D eigenvalue weighted by Gasteiger charge is 2.22. The van der Waals surface area contributed by atoms with Crippen LogP contribution in [0.1, 0.15) is 30.1 Å². The molecule has 2 aliphatic heterocycles. The van der Waals surface area contributed by atoms with Crippen LogP contribution in [0.15, 0.2) is 54.6 Å².